The monoisotopic (exact) mass is 1370 g/mol. The maximum absolute atomic E-state index is 14.3. The van der Waals surface area contributed by atoms with E-state index in [2.05, 4.69) is 75.8 Å². The summed E-state index contributed by atoms with van der Waals surface area (Å²) in [6, 6.07) is 13.4. The maximum atomic E-state index is 14.3. The van der Waals surface area contributed by atoms with Gasteiger partial charge in [0, 0.05) is 65.6 Å². The number of fused-ring (bicyclic) bond motifs is 2. The van der Waals surface area contributed by atoms with Crippen LogP contribution < -0.4 is 64.6 Å². The van der Waals surface area contributed by atoms with Gasteiger partial charge in [-0.15, -0.1) is 0 Å². The van der Waals surface area contributed by atoms with Gasteiger partial charge in [-0.05, 0) is 71.7 Å². The molecule has 0 saturated carbocycles. The van der Waals surface area contributed by atoms with Gasteiger partial charge >= 0.3 is 11.9 Å². The molecule has 30 nitrogen and oxygen atoms in total. The molecule has 31 heteroatoms. The van der Waals surface area contributed by atoms with Crippen molar-refractivity contribution in [2.24, 2.45) is 23.3 Å². The second-order valence-corrected chi connectivity index (χ2v) is 24.7. The molecule has 6 aromatic rings. The number of para-hydroxylation sites is 2. The van der Waals surface area contributed by atoms with Crippen molar-refractivity contribution in [3.8, 4) is 5.75 Å². The van der Waals surface area contributed by atoms with Crippen LogP contribution in [0.4, 0.5) is 0 Å². The number of aliphatic carboxylic acids is 2. The average Bonchev–Trinajstić information content (AvgIpc) is 1.65. The van der Waals surface area contributed by atoms with Crippen LogP contribution in [0.1, 0.15) is 76.1 Å². The minimum Gasteiger partial charge on any atom is -0.508 e. The fourth-order valence-corrected chi connectivity index (χ4v) is 10.7. The van der Waals surface area contributed by atoms with Gasteiger partial charge < -0.3 is 89.9 Å². The van der Waals surface area contributed by atoms with E-state index in [-0.39, 0.29) is 55.4 Å². The van der Waals surface area contributed by atoms with Gasteiger partial charge in [0.2, 0.25) is 65.0 Å². The summed E-state index contributed by atoms with van der Waals surface area (Å²) >= 11 is 4.00. The smallest absolute Gasteiger partial charge is 0.327 e. The maximum Gasteiger partial charge on any atom is 0.327 e. The van der Waals surface area contributed by atoms with Crippen molar-refractivity contribution in [3.05, 3.63) is 138 Å². The van der Waals surface area contributed by atoms with Crippen LogP contribution in [-0.2, 0) is 88.0 Å². The molecule has 6 rings (SSSR count). The molecule has 0 aliphatic heterocycles. The lowest BCUT2D eigenvalue weighted by molar-refractivity contribution is -0.142. The second-order valence-electron chi connectivity index (χ2n) is 24.4. The molecule has 0 radical (unpaired) electrons. The molecule has 524 valence electrons. The number of hydrogen-bond donors (Lipinski definition) is 18. The number of H-pyrrole nitrogens is 2. The second kappa shape index (κ2) is 36.3. The fraction of sp³-hybridized carbons (Fsp3) is 0.388. The number of aromatic amines is 2. The fourth-order valence-electron chi connectivity index (χ4n) is 10.4. The van der Waals surface area contributed by atoms with Crippen molar-refractivity contribution < 1.29 is 77.6 Å². The van der Waals surface area contributed by atoms with E-state index in [1.54, 1.807) is 107 Å². The van der Waals surface area contributed by atoms with Crippen LogP contribution in [0.3, 0.4) is 0 Å². The van der Waals surface area contributed by atoms with Crippen LogP contribution >= 0.6 is 12.6 Å². The van der Waals surface area contributed by atoms with Crippen LogP contribution in [0.2, 0.25) is 0 Å². The number of amides is 11. The molecule has 0 aliphatic carbocycles. The topological polar surface area (TPSA) is 487 Å². The van der Waals surface area contributed by atoms with Crippen molar-refractivity contribution >= 4 is 111 Å². The number of nitrogens with one attached hydrogen (secondary N) is 12. The Bertz CT molecular complexity index is 3840. The van der Waals surface area contributed by atoms with E-state index in [1.165, 1.54) is 31.2 Å². The number of carbonyl (C=O) groups excluding carboxylic acids is 11. The van der Waals surface area contributed by atoms with E-state index in [1.807, 2.05) is 12.1 Å². The third kappa shape index (κ3) is 22.9. The molecule has 98 heavy (non-hydrogen) atoms. The van der Waals surface area contributed by atoms with Crippen LogP contribution in [0.15, 0.2) is 116 Å². The summed E-state index contributed by atoms with van der Waals surface area (Å²) in [4.78, 5) is 183. The normalized spacial score (nSPS) is 14.3. The standard InChI is InChI=1S/C67H84N14O16S/c1-34(2)23-46(61(90)81-53(33-98)67(96)97)76-63(92)50(27-40-31-71-45-18-12-10-16-43(40)45)78-65(94)52(29-56(85)86)79-64(93)51(28-54(68)83)75-58(87)36(5)73-60(89)47(25-38-19-21-41(82)22-20-38)74-55(84)32-72-59(88)49(26-39-30-70-44-17-11-9-15-42(39)44)77-62(91)48(24-37-13-7-6-8-14-37)80-66(95)57(69)35(3)4/h6-22,30-31,34-36,46-53,57,70-71,82,98H,23-29,32-33,69H2,1-5H3,(H2,68,83)(H,72,88)(H,73,89)(H,74,84)(H,75,87)(H,76,92)(H,77,91)(H,78,94)(H,79,93)(H,80,95)(H,81,90)(H,85,86)(H,96,97)/t36-,46-,47-,48-,49-,50-,51-,52-,53-,57-/m0/s1. The van der Waals surface area contributed by atoms with Crippen LogP contribution in [0, 0.1) is 11.8 Å². The predicted octanol–water partition coefficient (Wildman–Crippen LogP) is -0.481. The highest BCUT2D eigenvalue weighted by Gasteiger charge is 2.37. The summed E-state index contributed by atoms with van der Waals surface area (Å²) in [6.45, 7) is 7.34. The van der Waals surface area contributed by atoms with E-state index < -0.39 is 157 Å². The molecule has 0 spiro atoms. The van der Waals surface area contributed by atoms with Crippen LogP contribution in [-0.4, -0.2) is 175 Å². The lowest BCUT2D eigenvalue weighted by Crippen LogP contribution is -2.60. The van der Waals surface area contributed by atoms with Crippen LogP contribution in [0.25, 0.3) is 21.8 Å². The first-order valence-corrected chi connectivity index (χ1v) is 32.1. The Kier molecular flexibility index (Phi) is 28.3. The summed E-state index contributed by atoms with van der Waals surface area (Å²) in [5.74, 6) is -14.9. The van der Waals surface area contributed by atoms with Crippen molar-refractivity contribution in [2.75, 3.05) is 12.3 Å². The van der Waals surface area contributed by atoms with Crippen molar-refractivity contribution in [3.63, 3.8) is 0 Å². The molecule has 0 fully saturated rings. The van der Waals surface area contributed by atoms with Crippen LogP contribution in [0.5, 0.6) is 5.75 Å². The first-order valence-electron chi connectivity index (χ1n) is 31.5. The average molecular weight is 1370 g/mol. The summed E-state index contributed by atoms with van der Waals surface area (Å²) in [5, 5.41) is 55.8. The Labute approximate surface area is 568 Å². The van der Waals surface area contributed by atoms with Gasteiger partial charge in [-0.2, -0.15) is 12.6 Å². The molecule has 4 aromatic carbocycles. The number of nitrogens with two attached hydrogens (primary N) is 2. The molecule has 10 atom stereocenters. The highest BCUT2D eigenvalue weighted by molar-refractivity contribution is 7.80. The Morgan fingerprint density at radius 1 is 0.459 bits per heavy atom. The number of carboxylic acids is 2. The van der Waals surface area contributed by atoms with Gasteiger partial charge in [0.25, 0.3) is 0 Å². The van der Waals surface area contributed by atoms with Gasteiger partial charge in [0.1, 0.15) is 60.1 Å². The Morgan fingerprint density at radius 3 is 1.39 bits per heavy atom. The number of aromatic nitrogens is 2. The largest absolute Gasteiger partial charge is 0.508 e. The number of carbonyl (C=O) groups is 13. The number of thiol groups is 1. The van der Waals surface area contributed by atoms with Crippen molar-refractivity contribution in [1.29, 1.82) is 0 Å². The van der Waals surface area contributed by atoms with Gasteiger partial charge in [-0.3, -0.25) is 57.5 Å². The zero-order chi connectivity index (χ0) is 71.9. The number of primary amides is 1. The van der Waals surface area contributed by atoms with Gasteiger partial charge in [-0.25, -0.2) is 4.79 Å². The Hall–Kier alpha value is -10.8. The SMILES string of the molecule is CC(C)C[C@H](NC(=O)[C@H](Cc1c[nH]c2ccccc12)NC(=O)[C@H](CC(=O)O)NC(=O)[C@H](CC(N)=O)NC(=O)[C@H](C)NC(=O)[C@H](Cc1ccc(O)cc1)NC(=O)CNC(=O)[C@H](Cc1c[nH]c2ccccc12)NC(=O)[C@H](Cc1ccccc1)NC(=O)[C@@H](N)C(C)C)C(=O)N[C@@H](CS)C(=O)O. The molecular formula is C67H84N14O16S. The summed E-state index contributed by atoms with van der Waals surface area (Å²) in [6.07, 6.45) is 0.465. The molecule has 19 N–H and O–H groups in total. The number of carboxylic acid groups (broad SMARTS) is 2. The zero-order valence-corrected chi connectivity index (χ0v) is 55.4. The van der Waals surface area contributed by atoms with Crippen molar-refractivity contribution in [1.82, 2.24) is 63.1 Å². The molecule has 0 bridgehead atoms. The number of aromatic hydroxyl groups is 1. The summed E-state index contributed by atoms with van der Waals surface area (Å²) in [5.41, 5.74) is 15.2. The van der Waals surface area contributed by atoms with E-state index in [0.29, 0.717) is 33.2 Å². The first-order chi connectivity index (χ1) is 46.5. The lowest BCUT2D eigenvalue weighted by Gasteiger charge is -2.27. The first kappa shape index (κ1) is 76.2. The highest BCUT2D eigenvalue weighted by Crippen LogP contribution is 2.22. The van der Waals surface area contributed by atoms with E-state index in [4.69, 9.17) is 11.5 Å². The molecule has 0 aliphatic rings. The predicted molar refractivity (Wildman–Crippen MR) is 362 cm³/mol. The van der Waals surface area contributed by atoms with Gasteiger partial charge in [-0.1, -0.05) is 107 Å². The Balaban J connectivity index is 1.18. The van der Waals surface area contributed by atoms with E-state index >= 15 is 0 Å². The molecule has 11 amide bonds. The van der Waals surface area contributed by atoms with Gasteiger partial charge in [0.15, 0.2) is 0 Å². The minimum absolute atomic E-state index is 0.00672. The summed E-state index contributed by atoms with van der Waals surface area (Å²) < 4.78 is 0. The molecule has 0 saturated heterocycles. The number of hydrogen-bond acceptors (Lipinski definition) is 16. The third-order valence-corrected chi connectivity index (χ3v) is 16.2. The number of phenolic OH excluding ortho intramolecular Hbond substituents is 1. The number of phenols is 1. The molecule has 2 aromatic heterocycles. The van der Waals surface area contributed by atoms with E-state index in [0.717, 1.165) is 10.9 Å². The Morgan fingerprint density at radius 2 is 0.878 bits per heavy atom. The molecular weight excluding hydrogens is 1290 g/mol. The summed E-state index contributed by atoms with van der Waals surface area (Å²) in [7, 11) is 0. The number of rotatable bonds is 37. The van der Waals surface area contributed by atoms with Crippen molar-refractivity contribution in [2.45, 2.75) is 140 Å². The minimum atomic E-state index is -2.03. The lowest BCUT2D eigenvalue weighted by atomic mass is 10.00. The highest BCUT2D eigenvalue weighted by atomic mass is 32.1. The molecule has 0 unspecified atom stereocenters. The quantitative estimate of drug-likeness (QED) is 0.0219. The third-order valence-electron chi connectivity index (χ3n) is 15.8. The zero-order valence-electron chi connectivity index (χ0n) is 54.5. The van der Waals surface area contributed by atoms with E-state index in [9.17, 15) is 77.6 Å². The van der Waals surface area contributed by atoms with Gasteiger partial charge in [0.05, 0.1) is 25.4 Å². The molecule has 2 heterocycles. The number of benzene rings is 4.